The summed E-state index contributed by atoms with van der Waals surface area (Å²) in [5.74, 6) is -1.23. The number of hydrogen-bond acceptors (Lipinski definition) is 5. The number of thioether (sulfide) groups is 1. The van der Waals surface area contributed by atoms with Gasteiger partial charge < -0.3 is 15.5 Å². The lowest BCUT2D eigenvalue weighted by Gasteiger charge is -2.31. The number of likely N-dealkylation sites (tertiary alicyclic amines) is 1. The molecule has 0 spiro atoms. The molecule has 170 valence electrons. The minimum Gasteiger partial charge on any atom is -0.374 e. The molecule has 1 saturated heterocycles. The van der Waals surface area contributed by atoms with Crippen molar-refractivity contribution in [1.29, 1.82) is 0 Å². The van der Waals surface area contributed by atoms with Crippen LogP contribution in [0.25, 0.3) is 0 Å². The number of hydrogen-bond donors (Lipinski definition) is 2. The lowest BCUT2D eigenvalue weighted by Crippen LogP contribution is -2.41. The molecule has 1 atom stereocenters. The zero-order valence-corrected chi connectivity index (χ0v) is 19.7. The van der Waals surface area contributed by atoms with E-state index in [1.165, 1.54) is 29.7 Å². The SMILES string of the molecule is CSc1cccc(NC(=O)C(=O)NCC(c2ccc3c(c2)CCCN3C)N2CCCC2)c1. The fraction of sp³-hybridized carbons (Fsp3) is 0.440. The third-order valence-corrected chi connectivity index (χ3v) is 7.14. The quantitative estimate of drug-likeness (QED) is 0.517. The van der Waals surface area contributed by atoms with Gasteiger partial charge >= 0.3 is 11.8 Å². The Morgan fingerprint density at radius 3 is 2.62 bits per heavy atom. The molecule has 2 aliphatic heterocycles. The number of carbonyl (C=O) groups is 2. The van der Waals surface area contributed by atoms with Crippen molar-refractivity contribution in [3.63, 3.8) is 0 Å². The first-order chi connectivity index (χ1) is 15.5. The van der Waals surface area contributed by atoms with E-state index in [9.17, 15) is 9.59 Å². The molecule has 0 aliphatic carbocycles. The van der Waals surface area contributed by atoms with E-state index < -0.39 is 11.8 Å². The van der Waals surface area contributed by atoms with E-state index >= 15 is 0 Å². The van der Waals surface area contributed by atoms with E-state index in [1.807, 2.05) is 24.5 Å². The molecule has 2 aliphatic rings. The number of nitrogens with one attached hydrogen (secondary N) is 2. The predicted molar refractivity (Wildman–Crippen MR) is 131 cm³/mol. The summed E-state index contributed by atoms with van der Waals surface area (Å²) in [5, 5.41) is 5.60. The van der Waals surface area contributed by atoms with Gasteiger partial charge in [0.15, 0.2) is 0 Å². The first-order valence-corrected chi connectivity index (χ1v) is 12.6. The van der Waals surface area contributed by atoms with E-state index in [4.69, 9.17) is 0 Å². The number of aryl methyl sites for hydroxylation is 1. The summed E-state index contributed by atoms with van der Waals surface area (Å²) in [4.78, 5) is 30.8. The van der Waals surface area contributed by atoms with Crippen LogP contribution in [0.4, 0.5) is 11.4 Å². The number of nitrogens with zero attached hydrogens (tertiary/aromatic N) is 2. The minimum absolute atomic E-state index is 0.0756. The Balaban J connectivity index is 1.44. The van der Waals surface area contributed by atoms with Gasteiger partial charge in [0.1, 0.15) is 0 Å². The van der Waals surface area contributed by atoms with Crippen LogP contribution < -0.4 is 15.5 Å². The second-order valence-corrected chi connectivity index (χ2v) is 9.45. The first-order valence-electron chi connectivity index (χ1n) is 11.4. The fourth-order valence-electron chi connectivity index (χ4n) is 4.68. The molecule has 2 aromatic carbocycles. The Hall–Kier alpha value is -2.51. The van der Waals surface area contributed by atoms with Crippen LogP contribution in [0.1, 0.15) is 36.4 Å². The smallest absolute Gasteiger partial charge is 0.313 e. The number of rotatable bonds is 6. The molecule has 1 unspecified atom stereocenters. The van der Waals surface area contributed by atoms with Crippen molar-refractivity contribution >= 4 is 35.0 Å². The molecule has 0 aromatic heterocycles. The molecule has 0 saturated carbocycles. The van der Waals surface area contributed by atoms with Crippen LogP contribution in [0, 0.1) is 0 Å². The summed E-state index contributed by atoms with van der Waals surface area (Å²) >= 11 is 1.59. The zero-order chi connectivity index (χ0) is 22.5. The third-order valence-electron chi connectivity index (χ3n) is 6.41. The van der Waals surface area contributed by atoms with Gasteiger partial charge in [-0.3, -0.25) is 14.5 Å². The number of anilines is 2. The lowest BCUT2D eigenvalue weighted by atomic mass is 9.96. The summed E-state index contributed by atoms with van der Waals surface area (Å²) < 4.78 is 0. The maximum absolute atomic E-state index is 12.6. The van der Waals surface area contributed by atoms with Gasteiger partial charge in [-0.1, -0.05) is 18.2 Å². The minimum atomic E-state index is -0.629. The van der Waals surface area contributed by atoms with Crippen molar-refractivity contribution in [2.45, 2.75) is 36.6 Å². The van der Waals surface area contributed by atoms with E-state index in [0.717, 1.165) is 37.4 Å². The second-order valence-electron chi connectivity index (χ2n) is 8.57. The Kier molecular flexibility index (Phi) is 7.37. The highest BCUT2D eigenvalue weighted by molar-refractivity contribution is 7.98. The van der Waals surface area contributed by atoms with Gasteiger partial charge in [-0.25, -0.2) is 0 Å². The van der Waals surface area contributed by atoms with Gasteiger partial charge in [-0.2, -0.15) is 0 Å². The van der Waals surface area contributed by atoms with Crippen LogP contribution in [0.3, 0.4) is 0 Å². The Bertz CT molecular complexity index is 974. The van der Waals surface area contributed by atoms with Crippen LogP contribution in [-0.2, 0) is 16.0 Å². The molecule has 2 aromatic rings. The second kappa shape index (κ2) is 10.4. The molecule has 32 heavy (non-hydrogen) atoms. The first kappa shape index (κ1) is 22.7. The molecule has 2 N–H and O–H groups in total. The highest BCUT2D eigenvalue weighted by Gasteiger charge is 2.26. The van der Waals surface area contributed by atoms with Crippen LogP contribution >= 0.6 is 11.8 Å². The van der Waals surface area contributed by atoms with E-state index in [2.05, 4.69) is 45.7 Å². The number of fused-ring (bicyclic) bond motifs is 1. The zero-order valence-electron chi connectivity index (χ0n) is 18.9. The average Bonchev–Trinajstić information content (AvgIpc) is 3.34. The van der Waals surface area contributed by atoms with Crippen molar-refractivity contribution in [2.75, 3.05) is 49.7 Å². The highest BCUT2D eigenvalue weighted by atomic mass is 32.2. The molecule has 4 rings (SSSR count). The standard InChI is InChI=1S/C25H32N4O2S/c1-28-12-6-7-18-15-19(10-11-22(18)28)23(29-13-3-4-14-29)17-26-24(30)25(31)27-20-8-5-9-21(16-20)32-2/h5,8-11,15-16,23H,3-4,6-7,12-14,17H2,1-2H3,(H,26,30)(H,27,31). The van der Waals surface area contributed by atoms with Gasteiger partial charge in [-0.05, 0) is 80.4 Å². The van der Waals surface area contributed by atoms with Crippen molar-refractivity contribution in [3.8, 4) is 0 Å². The monoisotopic (exact) mass is 452 g/mol. The van der Waals surface area contributed by atoms with Crippen LogP contribution in [0.2, 0.25) is 0 Å². The summed E-state index contributed by atoms with van der Waals surface area (Å²) in [6.45, 7) is 3.55. The molecular formula is C25H32N4O2S. The molecule has 2 amide bonds. The van der Waals surface area contributed by atoms with E-state index in [1.54, 1.807) is 17.8 Å². The van der Waals surface area contributed by atoms with Crippen molar-refractivity contribution in [3.05, 3.63) is 53.6 Å². The average molecular weight is 453 g/mol. The highest BCUT2D eigenvalue weighted by Crippen LogP contribution is 2.31. The number of amides is 2. The summed E-state index contributed by atoms with van der Waals surface area (Å²) in [5.41, 5.74) is 4.52. The Morgan fingerprint density at radius 1 is 1.03 bits per heavy atom. The van der Waals surface area contributed by atoms with E-state index in [0.29, 0.717) is 12.2 Å². The largest absolute Gasteiger partial charge is 0.374 e. The van der Waals surface area contributed by atoms with Crippen molar-refractivity contribution in [1.82, 2.24) is 10.2 Å². The van der Waals surface area contributed by atoms with Gasteiger partial charge in [0.2, 0.25) is 0 Å². The Morgan fingerprint density at radius 2 is 1.84 bits per heavy atom. The third kappa shape index (κ3) is 5.27. The molecule has 6 nitrogen and oxygen atoms in total. The number of benzene rings is 2. The van der Waals surface area contributed by atoms with Crippen LogP contribution in [0.15, 0.2) is 47.4 Å². The molecule has 2 heterocycles. The number of carbonyl (C=O) groups excluding carboxylic acids is 2. The van der Waals surface area contributed by atoms with Crippen molar-refractivity contribution in [2.24, 2.45) is 0 Å². The molecular weight excluding hydrogens is 420 g/mol. The van der Waals surface area contributed by atoms with Crippen LogP contribution in [-0.4, -0.2) is 56.2 Å². The summed E-state index contributed by atoms with van der Waals surface area (Å²) in [6, 6.07) is 14.3. The maximum Gasteiger partial charge on any atom is 0.313 e. The molecule has 1 fully saturated rings. The van der Waals surface area contributed by atoms with Crippen molar-refractivity contribution < 1.29 is 9.59 Å². The maximum atomic E-state index is 12.6. The van der Waals surface area contributed by atoms with Gasteiger partial charge in [0.25, 0.3) is 0 Å². The molecule has 0 bridgehead atoms. The Labute approximate surface area is 194 Å². The topological polar surface area (TPSA) is 64.7 Å². The van der Waals surface area contributed by atoms with Gasteiger partial charge in [-0.15, -0.1) is 11.8 Å². The van der Waals surface area contributed by atoms with Gasteiger partial charge in [0, 0.05) is 36.4 Å². The normalized spacial score (nSPS) is 17.0. The molecule has 0 radical (unpaired) electrons. The molecule has 7 heteroatoms. The lowest BCUT2D eigenvalue weighted by molar-refractivity contribution is -0.136. The predicted octanol–water partition coefficient (Wildman–Crippen LogP) is 3.68. The van der Waals surface area contributed by atoms with Crippen LogP contribution in [0.5, 0.6) is 0 Å². The fourth-order valence-corrected chi connectivity index (χ4v) is 5.14. The summed E-state index contributed by atoms with van der Waals surface area (Å²) in [7, 11) is 2.14. The van der Waals surface area contributed by atoms with E-state index in [-0.39, 0.29) is 6.04 Å². The van der Waals surface area contributed by atoms with Gasteiger partial charge in [0.05, 0.1) is 6.04 Å². The summed E-state index contributed by atoms with van der Waals surface area (Å²) in [6.07, 6.45) is 6.57.